The third kappa shape index (κ3) is 4.17. The van der Waals surface area contributed by atoms with E-state index in [4.69, 9.17) is 11.6 Å². The van der Waals surface area contributed by atoms with E-state index in [0.717, 1.165) is 38.4 Å². The van der Waals surface area contributed by atoms with Gasteiger partial charge in [0, 0.05) is 45.1 Å². The summed E-state index contributed by atoms with van der Waals surface area (Å²) in [6.07, 6.45) is 5.41. The summed E-state index contributed by atoms with van der Waals surface area (Å²) in [4.78, 5) is 17.3. The average molecular weight is 447 g/mol. The highest BCUT2D eigenvalue weighted by Crippen LogP contribution is 2.23. The maximum Gasteiger partial charge on any atom is 0.292 e. The molecule has 7 nitrogen and oxygen atoms in total. The molecule has 32 heavy (non-hydrogen) atoms. The van der Waals surface area contributed by atoms with Crippen molar-refractivity contribution in [2.45, 2.75) is 6.54 Å². The fraction of sp³-hybridized carbons (Fsp3) is 0.208. The summed E-state index contributed by atoms with van der Waals surface area (Å²) < 4.78 is 3.20. The van der Waals surface area contributed by atoms with Gasteiger partial charge >= 0.3 is 0 Å². The molecule has 0 spiro atoms. The van der Waals surface area contributed by atoms with Crippen molar-refractivity contribution in [3.63, 3.8) is 0 Å². The fourth-order valence-electron chi connectivity index (χ4n) is 3.98. The van der Waals surface area contributed by atoms with Crippen LogP contribution in [0.15, 0.2) is 84.0 Å². The number of hydrogen-bond donors (Lipinski definition) is 0. The molecule has 1 aliphatic rings. The minimum atomic E-state index is -0.296. The summed E-state index contributed by atoms with van der Waals surface area (Å²) in [6, 6.07) is 19.7. The van der Waals surface area contributed by atoms with Gasteiger partial charge in [-0.1, -0.05) is 41.9 Å². The molecule has 2 aromatic heterocycles. The molecule has 0 bridgehead atoms. The van der Waals surface area contributed by atoms with Crippen LogP contribution in [0.4, 0.5) is 5.69 Å². The molecule has 0 atom stereocenters. The quantitative estimate of drug-likeness (QED) is 0.470. The smallest absolute Gasteiger partial charge is 0.292 e. The Labute approximate surface area is 191 Å². The molecule has 1 aliphatic heterocycles. The third-order valence-corrected chi connectivity index (χ3v) is 6.08. The van der Waals surface area contributed by atoms with Gasteiger partial charge in [-0.3, -0.25) is 9.69 Å². The number of aromatic nitrogens is 4. The zero-order valence-corrected chi connectivity index (χ0v) is 18.3. The summed E-state index contributed by atoms with van der Waals surface area (Å²) in [5.74, 6) is 0. The lowest BCUT2D eigenvalue weighted by molar-refractivity contribution is 0.250. The fourth-order valence-corrected chi connectivity index (χ4v) is 4.23. The molecule has 1 saturated heterocycles. The first-order valence-electron chi connectivity index (χ1n) is 10.6. The number of para-hydroxylation sites is 1. The van der Waals surface area contributed by atoms with E-state index in [1.54, 1.807) is 12.4 Å². The number of nitrogens with zero attached hydrogens (tertiary/aromatic N) is 6. The highest BCUT2D eigenvalue weighted by Gasteiger charge is 2.21. The van der Waals surface area contributed by atoms with Crippen molar-refractivity contribution in [2.24, 2.45) is 0 Å². The molecule has 2 aromatic carbocycles. The highest BCUT2D eigenvalue weighted by molar-refractivity contribution is 6.33. The average Bonchev–Trinajstić information content (AvgIpc) is 3.38. The number of benzene rings is 2. The molecule has 8 heteroatoms. The van der Waals surface area contributed by atoms with E-state index in [1.807, 2.05) is 47.3 Å². The van der Waals surface area contributed by atoms with Crippen molar-refractivity contribution in [3.8, 4) is 11.4 Å². The number of halogens is 1. The topological polar surface area (TPSA) is 59.2 Å². The molecule has 4 aromatic rings. The van der Waals surface area contributed by atoms with Crippen LogP contribution in [0.2, 0.25) is 5.02 Å². The Balaban J connectivity index is 1.23. The Bertz CT molecular complexity index is 1230. The van der Waals surface area contributed by atoms with Gasteiger partial charge in [0.2, 0.25) is 0 Å². The van der Waals surface area contributed by atoms with Gasteiger partial charge in [-0.2, -0.15) is 14.9 Å². The molecule has 0 radical (unpaired) electrons. The molecule has 1 fully saturated rings. The van der Waals surface area contributed by atoms with Crippen molar-refractivity contribution in [2.75, 3.05) is 31.1 Å². The Morgan fingerprint density at radius 3 is 2.28 bits per heavy atom. The standard InChI is InChI=1S/C24H23ClN6O/c25-23-22(17-27-31(24(23)32)21-5-2-1-3-6-21)29-15-13-28(14-16-29)18-19-7-9-20(10-8-19)30-12-4-11-26-30/h1-12,17H,13-16,18H2. The van der Waals surface area contributed by atoms with Crippen molar-refractivity contribution in [1.29, 1.82) is 0 Å². The Morgan fingerprint density at radius 1 is 0.844 bits per heavy atom. The Morgan fingerprint density at radius 2 is 1.59 bits per heavy atom. The van der Waals surface area contributed by atoms with Crippen LogP contribution >= 0.6 is 11.6 Å². The first-order valence-corrected chi connectivity index (χ1v) is 11.0. The largest absolute Gasteiger partial charge is 0.366 e. The van der Waals surface area contributed by atoms with Crippen LogP contribution in [0.25, 0.3) is 11.4 Å². The highest BCUT2D eigenvalue weighted by atomic mass is 35.5. The van der Waals surface area contributed by atoms with Gasteiger partial charge in [-0.25, -0.2) is 4.68 Å². The number of piperazine rings is 1. The second-order valence-corrected chi connectivity index (χ2v) is 8.15. The molecule has 5 rings (SSSR count). The van der Waals surface area contributed by atoms with Crippen LogP contribution in [-0.2, 0) is 6.54 Å². The first-order chi connectivity index (χ1) is 15.7. The Hall–Kier alpha value is -3.42. The van der Waals surface area contributed by atoms with Gasteiger partial charge in [0.25, 0.3) is 5.56 Å². The van der Waals surface area contributed by atoms with Gasteiger partial charge < -0.3 is 4.90 Å². The van der Waals surface area contributed by atoms with Crippen molar-refractivity contribution in [1.82, 2.24) is 24.5 Å². The number of rotatable bonds is 5. The van der Waals surface area contributed by atoms with Gasteiger partial charge in [-0.15, -0.1) is 0 Å². The third-order valence-electron chi connectivity index (χ3n) is 5.73. The molecule has 0 N–H and O–H groups in total. The summed E-state index contributed by atoms with van der Waals surface area (Å²) in [5, 5.41) is 8.84. The van der Waals surface area contributed by atoms with Gasteiger partial charge in [0.15, 0.2) is 0 Å². The second kappa shape index (κ2) is 8.98. The van der Waals surface area contributed by atoms with Crippen LogP contribution in [0.3, 0.4) is 0 Å². The van der Waals surface area contributed by atoms with Gasteiger partial charge in [0.1, 0.15) is 5.02 Å². The number of anilines is 1. The summed E-state index contributed by atoms with van der Waals surface area (Å²) in [7, 11) is 0. The Kier molecular flexibility index (Phi) is 5.75. The maximum atomic E-state index is 12.8. The van der Waals surface area contributed by atoms with Gasteiger partial charge in [0.05, 0.1) is 23.3 Å². The molecule has 3 heterocycles. The van der Waals surface area contributed by atoms with E-state index in [1.165, 1.54) is 10.2 Å². The molecular weight excluding hydrogens is 424 g/mol. The van der Waals surface area contributed by atoms with Crippen LogP contribution in [-0.4, -0.2) is 50.6 Å². The first kappa shape index (κ1) is 20.5. The predicted molar refractivity (Wildman–Crippen MR) is 126 cm³/mol. The van der Waals surface area contributed by atoms with Crippen LogP contribution in [0, 0.1) is 0 Å². The number of hydrogen-bond acceptors (Lipinski definition) is 5. The lowest BCUT2D eigenvalue weighted by Crippen LogP contribution is -2.46. The SMILES string of the molecule is O=c1c(Cl)c(N2CCN(Cc3ccc(-n4cccn4)cc3)CC2)cnn1-c1ccccc1. The molecular formula is C24H23ClN6O. The van der Waals surface area contributed by atoms with E-state index >= 15 is 0 Å². The monoisotopic (exact) mass is 446 g/mol. The second-order valence-electron chi connectivity index (χ2n) is 7.78. The molecule has 162 valence electrons. The van der Waals surface area contributed by atoms with E-state index < -0.39 is 0 Å². The minimum Gasteiger partial charge on any atom is -0.366 e. The molecule has 0 aliphatic carbocycles. The minimum absolute atomic E-state index is 0.214. The molecule has 0 unspecified atom stereocenters. The normalized spacial score (nSPS) is 14.6. The summed E-state index contributed by atoms with van der Waals surface area (Å²) in [5.41, 5.74) is 3.42. The van der Waals surface area contributed by atoms with Crippen molar-refractivity contribution in [3.05, 3.63) is 100 Å². The van der Waals surface area contributed by atoms with Crippen molar-refractivity contribution < 1.29 is 0 Å². The van der Waals surface area contributed by atoms with E-state index in [9.17, 15) is 4.79 Å². The van der Waals surface area contributed by atoms with Crippen LogP contribution in [0.1, 0.15) is 5.56 Å². The predicted octanol–water partition coefficient (Wildman–Crippen LogP) is 3.39. The van der Waals surface area contributed by atoms with Crippen LogP contribution < -0.4 is 10.5 Å². The van der Waals surface area contributed by atoms with E-state index in [-0.39, 0.29) is 10.6 Å². The van der Waals surface area contributed by atoms with Gasteiger partial charge in [-0.05, 0) is 35.9 Å². The summed E-state index contributed by atoms with van der Waals surface area (Å²) >= 11 is 6.47. The molecule has 0 saturated carbocycles. The van der Waals surface area contributed by atoms with E-state index in [0.29, 0.717) is 11.4 Å². The summed E-state index contributed by atoms with van der Waals surface area (Å²) in [6.45, 7) is 4.25. The maximum absolute atomic E-state index is 12.8. The van der Waals surface area contributed by atoms with E-state index in [2.05, 4.69) is 44.3 Å². The molecule has 0 amide bonds. The lowest BCUT2D eigenvalue weighted by atomic mass is 10.1. The lowest BCUT2D eigenvalue weighted by Gasteiger charge is -2.36. The zero-order valence-electron chi connectivity index (χ0n) is 17.5. The van der Waals surface area contributed by atoms with Crippen LogP contribution in [0.5, 0.6) is 0 Å². The van der Waals surface area contributed by atoms with Crippen molar-refractivity contribution >= 4 is 17.3 Å². The zero-order chi connectivity index (χ0) is 21.9.